The van der Waals surface area contributed by atoms with Gasteiger partial charge in [-0.05, 0) is 55.3 Å². The first-order valence-corrected chi connectivity index (χ1v) is 9.73. The maximum atomic E-state index is 13.2. The molecular weight excluding hydrogens is 406 g/mol. The number of hydrogen-bond donors (Lipinski definition) is 1. The molecule has 1 atom stereocenters. The van der Waals surface area contributed by atoms with Crippen LogP contribution < -0.4 is 4.74 Å². The summed E-state index contributed by atoms with van der Waals surface area (Å²) in [4.78, 5) is 10.9. The Kier molecular flexibility index (Phi) is 10.2. The fraction of sp³-hybridized carbons (Fsp3) is 0.292. The second-order valence-corrected chi connectivity index (χ2v) is 6.52. The van der Waals surface area contributed by atoms with Gasteiger partial charge in [-0.25, -0.2) is 13.6 Å². The molecule has 0 aliphatic heterocycles. The molecular formula is C24H24F2O5. The third-order valence-corrected chi connectivity index (χ3v) is 3.97. The van der Waals surface area contributed by atoms with Crippen molar-refractivity contribution in [1.29, 1.82) is 0 Å². The van der Waals surface area contributed by atoms with Crippen molar-refractivity contribution in [2.45, 2.75) is 18.9 Å². The van der Waals surface area contributed by atoms with Crippen LogP contribution >= 0.6 is 0 Å². The SMILES string of the molecule is C=CC(=O)OCC(O)COCCCCOc1ccc(C#Cc2ccc(F)c(F)c2)cc1. The minimum atomic E-state index is -0.925. The lowest BCUT2D eigenvalue weighted by Gasteiger charge is -2.11. The predicted molar refractivity (Wildman–Crippen MR) is 111 cm³/mol. The fourth-order valence-electron chi connectivity index (χ4n) is 2.35. The number of benzene rings is 2. The van der Waals surface area contributed by atoms with Crippen molar-refractivity contribution in [2.24, 2.45) is 0 Å². The molecule has 0 spiro atoms. The number of aliphatic hydroxyl groups excluding tert-OH is 1. The summed E-state index contributed by atoms with van der Waals surface area (Å²) in [5, 5.41) is 9.59. The molecule has 0 bridgehead atoms. The first-order valence-electron chi connectivity index (χ1n) is 9.73. The zero-order valence-corrected chi connectivity index (χ0v) is 17.0. The van der Waals surface area contributed by atoms with E-state index in [1.807, 2.05) is 0 Å². The molecule has 0 aromatic heterocycles. The van der Waals surface area contributed by atoms with Crippen LogP contribution in [0.25, 0.3) is 0 Å². The molecule has 0 radical (unpaired) electrons. The number of esters is 1. The molecule has 7 heteroatoms. The van der Waals surface area contributed by atoms with Crippen LogP contribution in [-0.4, -0.2) is 43.6 Å². The van der Waals surface area contributed by atoms with Crippen LogP contribution in [-0.2, 0) is 14.3 Å². The van der Waals surface area contributed by atoms with E-state index in [1.54, 1.807) is 24.3 Å². The number of aliphatic hydroxyl groups is 1. The first kappa shape index (κ1) is 24.1. The predicted octanol–water partition coefficient (Wildman–Crippen LogP) is 3.63. The average molecular weight is 430 g/mol. The van der Waals surface area contributed by atoms with Gasteiger partial charge in [-0.3, -0.25) is 0 Å². The molecule has 0 heterocycles. The van der Waals surface area contributed by atoms with E-state index in [1.165, 1.54) is 6.07 Å². The van der Waals surface area contributed by atoms with Gasteiger partial charge >= 0.3 is 5.97 Å². The molecule has 2 aromatic rings. The van der Waals surface area contributed by atoms with Crippen LogP contribution in [0.15, 0.2) is 55.1 Å². The molecule has 0 saturated heterocycles. The Morgan fingerprint density at radius 1 is 1.00 bits per heavy atom. The van der Waals surface area contributed by atoms with Gasteiger partial charge in [0, 0.05) is 23.8 Å². The van der Waals surface area contributed by atoms with Gasteiger partial charge in [-0.15, -0.1) is 0 Å². The zero-order chi connectivity index (χ0) is 22.5. The van der Waals surface area contributed by atoms with E-state index < -0.39 is 23.7 Å². The number of unbranched alkanes of at least 4 members (excludes halogenated alkanes) is 1. The molecule has 0 saturated carbocycles. The number of halogens is 2. The highest BCUT2D eigenvalue weighted by Crippen LogP contribution is 2.13. The van der Waals surface area contributed by atoms with Crippen molar-refractivity contribution in [1.82, 2.24) is 0 Å². The van der Waals surface area contributed by atoms with Gasteiger partial charge in [-0.1, -0.05) is 18.4 Å². The summed E-state index contributed by atoms with van der Waals surface area (Å²) in [6.45, 7) is 4.17. The van der Waals surface area contributed by atoms with Crippen molar-refractivity contribution in [3.63, 3.8) is 0 Å². The highest BCUT2D eigenvalue weighted by molar-refractivity contribution is 5.81. The monoisotopic (exact) mass is 430 g/mol. The highest BCUT2D eigenvalue weighted by atomic mass is 19.2. The van der Waals surface area contributed by atoms with Gasteiger partial charge in [0.15, 0.2) is 11.6 Å². The topological polar surface area (TPSA) is 65.0 Å². The van der Waals surface area contributed by atoms with Crippen molar-refractivity contribution < 1.29 is 32.9 Å². The molecule has 2 rings (SSSR count). The average Bonchev–Trinajstić information content (AvgIpc) is 2.78. The number of rotatable bonds is 11. The van der Waals surface area contributed by atoms with Crippen molar-refractivity contribution in [3.8, 4) is 17.6 Å². The van der Waals surface area contributed by atoms with Crippen LogP contribution in [0.4, 0.5) is 8.78 Å². The van der Waals surface area contributed by atoms with E-state index >= 15 is 0 Å². The van der Waals surface area contributed by atoms with Crippen molar-refractivity contribution in [2.75, 3.05) is 26.4 Å². The second kappa shape index (κ2) is 13.2. The summed E-state index contributed by atoms with van der Waals surface area (Å²) >= 11 is 0. The molecule has 1 N–H and O–H groups in total. The summed E-state index contributed by atoms with van der Waals surface area (Å²) in [6, 6.07) is 10.7. The minimum Gasteiger partial charge on any atom is -0.494 e. The largest absolute Gasteiger partial charge is 0.494 e. The molecule has 5 nitrogen and oxygen atoms in total. The Morgan fingerprint density at radius 2 is 1.68 bits per heavy atom. The summed E-state index contributed by atoms with van der Waals surface area (Å²) in [7, 11) is 0. The Balaban J connectivity index is 1.61. The van der Waals surface area contributed by atoms with Gasteiger partial charge in [-0.2, -0.15) is 0 Å². The molecule has 0 fully saturated rings. The zero-order valence-electron chi connectivity index (χ0n) is 17.0. The standard InChI is InChI=1S/C24H24F2O5/c1-2-24(28)31-17-20(27)16-29-13-3-4-14-30-21-10-7-18(8-11-21)5-6-19-9-12-22(25)23(26)15-19/h2,7-12,15,20,27H,1,3-4,13-14,16-17H2. The van der Waals surface area contributed by atoms with Gasteiger partial charge in [0.2, 0.25) is 0 Å². The van der Waals surface area contributed by atoms with Gasteiger partial charge in [0.05, 0.1) is 13.2 Å². The van der Waals surface area contributed by atoms with Crippen LogP contribution in [0, 0.1) is 23.5 Å². The minimum absolute atomic E-state index is 0.0817. The van der Waals surface area contributed by atoms with Gasteiger partial charge in [0.1, 0.15) is 18.5 Å². The van der Waals surface area contributed by atoms with Gasteiger partial charge < -0.3 is 19.3 Å². The third-order valence-electron chi connectivity index (χ3n) is 3.97. The maximum absolute atomic E-state index is 13.2. The summed E-state index contributed by atoms with van der Waals surface area (Å²) < 4.78 is 41.8. The third kappa shape index (κ3) is 9.43. The molecule has 2 aromatic carbocycles. The number of carbonyl (C=O) groups excluding carboxylic acids is 1. The molecule has 164 valence electrons. The van der Waals surface area contributed by atoms with Gasteiger partial charge in [0.25, 0.3) is 0 Å². The maximum Gasteiger partial charge on any atom is 0.330 e. The lowest BCUT2D eigenvalue weighted by Crippen LogP contribution is -2.23. The normalized spacial score (nSPS) is 11.2. The Hall–Kier alpha value is -3.21. The molecule has 0 aliphatic carbocycles. The van der Waals surface area contributed by atoms with E-state index in [2.05, 4.69) is 18.4 Å². The molecule has 1 unspecified atom stereocenters. The molecule has 0 aliphatic rings. The molecule has 31 heavy (non-hydrogen) atoms. The smallest absolute Gasteiger partial charge is 0.330 e. The fourth-order valence-corrected chi connectivity index (χ4v) is 2.35. The van der Waals surface area contributed by atoms with E-state index in [0.717, 1.165) is 36.6 Å². The second-order valence-electron chi connectivity index (χ2n) is 6.52. The number of hydrogen-bond acceptors (Lipinski definition) is 5. The number of carbonyl (C=O) groups is 1. The quantitative estimate of drug-likeness (QED) is 0.255. The van der Waals surface area contributed by atoms with E-state index in [4.69, 9.17) is 14.2 Å². The van der Waals surface area contributed by atoms with Crippen LogP contribution in [0.1, 0.15) is 24.0 Å². The Bertz CT molecular complexity index is 916. The van der Waals surface area contributed by atoms with Crippen molar-refractivity contribution >= 4 is 5.97 Å². The van der Waals surface area contributed by atoms with Crippen LogP contribution in [0.3, 0.4) is 0 Å². The van der Waals surface area contributed by atoms with E-state index in [9.17, 15) is 18.7 Å². The number of ether oxygens (including phenoxy) is 3. The Labute approximate surface area is 180 Å². The van der Waals surface area contributed by atoms with E-state index in [-0.39, 0.29) is 13.2 Å². The Morgan fingerprint density at radius 3 is 2.39 bits per heavy atom. The van der Waals surface area contributed by atoms with Crippen molar-refractivity contribution in [3.05, 3.63) is 77.9 Å². The summed E-state index contributed by atoms with van der Waals surface area (Å²) in [5.41, 5.74) is 1.12. The highest BCUT2D eigenvalue weighted by Gasteiger charge is 2.06. The first-order chi connectivity index (χ1) is 15.0. The lowest BCUT2D eigenvalue weighted by molar-refractivity contribution is -0.141. The summed E-state index contributed by atoms with van der Waals surface area (Å²) in [5.74, 6) is 3.96. The lowest BCUT2D eigenvalue weighted by atomic mass is 10.1. The van der Waals surface area contributed by atoms with E-state index in [0.29, 0.717) is 24.5 Å². The summed E-state index contributed by atoms with van der Waals surface area (Å²) in [6.07, 6.45) is 1.67. The molecule has 0 amide bonds. The van der Waals surface area contributed by atoms with Crippen LogP contribution in [0.5, 0.6) is 5.75 Å². The van der Waals surface area contributed by atoms with Crippen LogP contribution in [0.2, 0.25) is 0 Å².